The van der Waals surface area contributed by atoms with Crippen LogP contribution < -0.4 is 0 Å². The SMILES string of the molecule is [C-]#[N+]C1=C(c2c(F)c(F)c([N+]#[C-])c(F)c2F)/C(=C(/C#N)[N+]#[C-])c2cc3c(cc21)/C(=C(/C#N)[N+]#[C-])C(c1c(F)c(F)c(C#N)c(F)c1F)=C3C#N. The highest BCUT2D eigenvalue weighted by molar-refractivity contribution is 6.29. The number of hydrogen-bond acceptors (Lipinski definition) is 4. The molecule has 0 aromatic heterocycles. The first-order valence-corrected chi connectivity index (χ1v) is 12.8. The van der Waals surface area contributed by atoms with Crippen LogP contribution in [0.2, 0.25) is 0 Å². The van der Waals surface area contributed by atoms with Crippen molar-refractivity contribution in [3.8, 4) is 24.3 Å². The lowest BCUT2D eigenvalue weighted by atomic mass is 9.91. The normalized spacial score (nSPS) is 14.6. The van der Waals surface area contributed by atoms with Crippen molar-refractivity contribution in [3.05, 3.63) is 155 Å². The van der Waals surface area contributed by atoms with Crippen LogP contribution in [0.15, 0.2) is 23.5 Å². The van der Waals surface area contributed by atoms with E-state index < -0.39 is 136 Å². The van der Waals surface area contributed by atoms with E-state index in [1.54, 1.807) is 0 Å². The quantitative estimate of drug-likeness (QED) is 0.117. The molecule has 0 aliphatic heterocycles. The second-order valence-electron chi connectivity index (χ2n) is 9.74. The van der Waals surface area contributed by atoms with Crippen molar-refractivity contribution >= 4 is 39.2 Å². The van der Waals surface area contributed by atoms with Crippen LogP contribution in [0, 0.1) is 118 Å². The van der Waals surface area contributed by atoms with Gasteiger partial charge in [0.2, 0.25) is 5.70 Å². The second kappa shape index (κ2) is 12.0. The number of halogens is 8. The molecule has 0 unspecified atom stereocenters. The van der Waals surface area contributed by atoms with Gasteiger partial charge < -0.3 is 0 Å². The molecule has 5 rings (SSSR count). The molecule has 2 aliphatic carbocycles. The molecule has 3 aromatic carbocycles. The summed E-state index contributed by atoms with van der Waals surface area (Å²) in [5.74, 6) is -17.5. The van der Waals surface area contributed by atoms with E-state index in [4.69, 9.17) is 31.6 Å². The topological polar surface area (TPSA) is 113 Å². The van der Waals surface area contributed by atoms with Crippen LogP contribution in [0.5, 0.6) is 0 Å². The van der Waals surface area contributed by atoms with Gasteiger partial charge in [0.1, 0.15) is 17.7 Å². The number of nitriles is 4. The number of nitrogens with zero attached hydrogens (tertiary/aromatic N) is 8. The van der Waals surface area contributed by atoms with E-state index in [9.17, 15) is 33.3 Å². The summed E-state index contributed by atoms with van der Waals surface area (Å²) >= 11 is 0. The van der Waals surface area contributed by atoms with Crippen LogP contribution in [-0.2, 0) is 0 Å². The van der Waals surface area contributed by atoms with E-state index >= 15 is 17.6 Å². The molecule has 234 valence electrons. The maximum absolute atomic E-state index is 15.4. The molecule has 0 heterocycles. The molecule has 0 saturated heterocycles. The largest absolute Gasteiger partial charge is 0.270 e. The Morgan fingerprint density at radius 1 is 0.520 bits per heavy atom. The zero-order chi connectivity index (χ0) is 36.9. The third-order valence-corrected chi connectivity index (χ3v) is 7.57. The van der Waals surface area contributed by atoms with Crippen LogP contribution in [0.4, 0.5) is 40.8 Å². The maximum atomic E-state index is 15.4. The number of hydrogen-bond donors (Lipinski definition) is 0. The summed E-state index contributed by atoms with van der Waals surface area (Å²) in [4.78, 5) is 11.5. The predicted molar refractivity (Wildman–Crippen MR) is 154 cm³/mol. The monoisotopic (exact) mass is 674 g/mol. The summed E-state index contributed by atoms with van der Waals surface area (Å²) in [7, 11) is 0. The molecule has 0 spiro atoms. The number of allylic oxidation sites excluding steroid dienone is 7. The van der Waals surface area contributed by atoms with Crippen molar-refractivity contribution in [2.24, 2.45) is 0 Å². The van der Waals surface area contributed by atoms with Gasteiger partial charge in [0.05, 0.1) is 49.6 Å². The van der Waals surface area contributed by atoms with Crippen molar-refractivity contribution in [3.63, 3.8) is 0 Å². The molecule has 0 N–H and O–H groups in total. The lowest BCUT2D eigenvalue weighted by Gasteiger charge is -2.14. The van der Waals surface area contributed by atoms with E-state index in [0.29, 0.717) is 0 Å². The summed E-state index contributed by atoms with van der Waals surface area (Å²) in [5, 5.41) is 38.7. The van der Waals surface area contributed by atoms with Crippen molar-refractivity contribution in [2.75, 3.05) is 0 Å². The summed E-state index contributed by atoms with van der Waals surface area (Å²) in [6, 6.07) is 6.94. The van der Waals surface area contributed by atoms with Gasteiger partial charge >= 0.3 is 0 Å². The lowest BCUT2D eigenvalue weighted by molar-refractivity contribution is 0.447. The minimum absolute atomic E-state index is 0.501. The molecule has 50 heavy (non-hydrogen) atoms. The van der Waals surface area contributed by atoms with Gasteiger partial charge in [0, 0.05) is 16.7 Å². The molecule has 0 fully saturated rings. The van der Waals surface area contributed by atoms with Gasteiger partial charge in [-0.25, -0.2) is 65.0 Å². The zero-order valence-electron chi connectivity index (χ0n) is 23.8. The van der Waals surface area contributed by atoms with E-state index in [2.05, 4.69) is 19.4 Å². The van der Waals surface area contributed by atoms with Crippen LogP contribution >= 0.6 is 0 Å². The van der Waals surface area contributed by atoms with Crippen molar-refractivity contribution < 1.29 is 35.1 Å². The van der Waals surface area contributed by atoms with Crippen LogP contribution in [-0.4, -0.2) is 0 Å². The number of benzene rings is 3. The standard InChI is InChI=1S/C34H2F8N8/c1-47-17(9-45)19-12-6-14-13(5-11(12)15(7-43)21(19)23-27(37)25(35)16(8-44)26(36)28(23)38)20(18(10-46)48-2)22(33(14)49-3)24-29(39)31(41)34(50-4)32(42)30(24)40/h5-6H/b19-17+,20-18-. The van der Waals surface area contributed by atoms with Gasteiger partial charge in [-0.2, -0.15) is 10.5 Å². The molecular weight excluding hydrogens is 672 g/mol. The third kappa shape index (κ3) is 4.22. The van der Waals surface area contributed by atoms with Crippen LogP contribution in [0.1, 0.15) is 38.9 Å². The summed E-state index contributed by atoms with van der Waals surface area (Å²) < 4.78 is 121. The van der Waals surface area contributed by atoms with Gasteiger partial charge in [-0.15, -0.1) is 0 Å². The first-order chi connectivity index (χ1) is 23.8. The smallest absolute Gasteiger partial charge is 0.237 e. The highest BCUT2D eigenvalue weighted by atomic mass is 19.2. The Bertz CT molecular complexity index is 2440. The minimum Gasteiger partial charge on any atom is -0.237 e. The third-order valence-electron chi connectivity index (χ3n) is 7.57. The molecule has 0 atom stereocenters. The maximum Gasteiger partial charge on any atom is 0.270 e. The molecule has 0 saturated carbocycles. The Morgan fingerprint density at radius 3 is 1.38 bits per heavy atom. The van der Waals surface area contributed by atoms with Gasteiger partial charge in [-0.05, 0) is 39.5 Å². The predicted octanol–water partition coefficient (Wildman–Crippen LogP) is 8.78. The zero-order valence-corrected chi connectivity index (χ0v) is 23.8. The highest BCUT2D eigenvalue weighted by Crippen LogP contribution is 2.56. The Balaban J connectivity index is 2.02. The van der Waals surface area contributed by atoms with Gasteiger partial charge in [-0.1, -0.05) is 6.07 Å². The van der Waals surface area contributed by atoms with Crippen LogP contribution in [0.25, 0.3) is 52.9 Å². The van der Waals surface area contributed by atoms with E-state index in [0.717, 1.165) is 18.2 Å². The van der Waals surface area contributed by atoms with E-state index in [-0.39, 0.29) is 0 Å². The summed E-state index contributed by atoms with van der Waals surface area (Å²) in [6.45, 7) is 29.6. The number of rotatable bonds is 2. The Labute approximate surface area is 274 Å². The molecule has 8 nitrogen and oxygen atoms in total. The van der Waals surface area contributed by atoms with Crippen LogP contribution in [0.3, 0.4) is 0 Å². The lowest BCUT2D eigenvalue weighted by Crippen LogP contribution is -2.07. The molecular formula is C34H2F8N8. The van der Waals surface area contributed by atoms with E-state index in [1.807, 2.05) is 0 Å². The number of fused-ring (bicyclic) bond motifs is 2. The average molecular weight is 674 g/mol. The highest BCUT2D eigenvalue weighted by Gasteiger charge is 2.41. The first-order valence-electron chi connectivity index (χ1n) is 12.8. The summed E-state index contributed by atoms with van der Waals surface area (Å²) in [5.41, 5.74) is -16.2. The van der Waals surface area contributed by atoms with Gasteiger partial charge in [0.15, 0.2) is 46.5 Å². The molecule has 2 aliphatic rings. The Kier molecular flexibility index (Phi) is 7.98. The second-order valence-corrected chi connectivity index (χ2v) is 9.74. The first kappa shape index (κ1) is 33.3. The molecule has 0 radical (unpaired) electrons. The van der Waals surface area contributed by atoms with Gasteiger partial charge in [0.25, 0.3) is 17.1 Å². The Morgan fingerprint density at radius 2 is 0.960 bits per heavy atom. The van der Waals surface area contributed by atoms with Crippen molar-refractivity contribution in [1.29, 1.82) is 21.0 Å². The minimum atomic E-state index is -2.20. The molecule has 0 bridgehead atoms. The summed E-state index contributed by atoms with van der Waals surface area (Å²) in [6.07, 6.45) is 0. The molecule has 3 aromatic rings. The molecule has 16 heteroatoms. The average Bonchev–Trinajstić information content (AvgIpc) is 3.59. The van der Waals surface area contributed by atoms with E-state index in [1.165, 1.54) is 18.2 Å². The fourth-order valence-electron chi connectivity index (χ4n) is 5.58. The van der Waals surface area contributed by atoms with Crippen molar-refractivity contribution in [2.45, 2.75) is 0 Å². The van der Waals surface area contributed by atoms with Gasteiger partial charge in [-0.3, -0.25) is 0 Å². The fourth-order valence-corrected chi connectivity index (χ4v) is 5.58. The fraction of sp³-hybridized carbons (Fsp3) is 0. The van der Waals surface area contributed by atoms with Crippen molar-refractivity contribution in [1.82, 2.24) is 0 Å². The Hall–Kier alpha value is -8.02. The molecule has 0 amide bonds.